The van der Waals surface area contributed by atoms with Crippen molar-refractivity contribution in [1.29, 1.82) is 0 Å². The van der Waals surface area contributed by atoms with Crippen molar-refractivity contribution in [3.05, 3.63) is 59.2 Å². The third kappa shape index (κ3) is 4.96. The highest BCUT2D eigenvalue weighted by molar-refractivity contribution is 5.95. The van der Waals surface area contributed by atoms with Crippen LogP contribution in [0.25, 0.3) is 0 Å². The smallest absolute Gasteiger partial charge is 0.251 e. The van der Waals surface area contributed by atoms with Gasteiger partial charge in [-0.25, -0.2) is 0 Å². The lowest BCUT2D eigenvalue weighted by molar-refractivity contribution is 0.0948. The summed E-state index contributed by atoms with van der Waals surface area (Å²) in [4.78, 5) is 15.2. The second kappa shape index (κ2) is 11.0. The molecule has 1 heterocycles. The summed E-state index contributed by atoms with van der Waals surface area (Å²) >= 11 is 0. The first-order valence-corrected chi connectivity index (χ1v) is 12.4. The largest absolute Gasteiger partial charge is 0.493 e. The van der Waals surface area contributed by atoms with E-state index in [1.165, 1.54) is 5.56 Å². The number of nitrogens with one attached hydrogen (secondary N) is 2. The van der Waals surface area contributed by atoms with Crippen LogP contribution in [0.1, 0.15) is 53.7 Å². The van der Waals surface area contributed by atoms with E-state index in [0.29, 0.717) is 35.3 Å². The summed E-state index contributed by atoms with van der Waals surface area (Å²) in [5, 5.41) is 6.81. The van der Waals surface area contributed by atoms with Crippen LogP contribution < -0.4 is 24.8 Å². The van der Waals surface area contributed by atoms with Crippen LogP contribution in [-0.4, -0.2) is 58.3 Å². The summed E-state index contributed by atoms with van der Waals surface area (Å²) in [6, 6.07) is 10.1. The average molecular weight is 480 g/mol. The molecular formula is C28H37N3O4. The quantitative estimate of drug-likeness (QED) is 0.485. The number of hydrogen-bond acceptors (Lipinski definition) is 6. The molecule has 0 saturated carbocycles. The van der Waals surface area contributed by atoms with Gasteiger partial charge in [0, 0.05) is 30.3 Å². The molecule has 2 aliphatic rings. The molecule has 7 heteroatoms. The SMILES string of the molecule is CCN(CC)CCNC(=O)c1ccc2c(c1)C1C=CCC1C(c1cc(OC)c(OC)c(OC)c1)N2. The Kier molecular flexibility index (Phi) is 7.86. The normalized spacial score (nSPS) is 20.1. The van der Waals surface area contributed by atoms with E-state index in [2.05, 4.69) is 41.5 Å². The Balaban J connectivity index is 1.58. The number of methoxy groups -OCH3 is 3. The van der Waals surface area contributed by atoms with Crippen molar-refractivity contribution in [3.8, 4) is 17.2 Å². The molecule has 4 rings (SSSR count). The third-order valence-corrected chi connectivity index (χ3v) is 7.28. The molecule has 0 spiro atoms. The molecule has 3 unspecified atom stereocenters. The minimum absolute atomic E-state index is 0.0229. The first-order chi connectivity index (χ1) is 17.0. The van der Waals surface area contributed by atoms with Gasteiger partial charge < -0.3 is 29.7 Å². The number of allylic oxidation sites excluding steroid dienone is 2. The summed E-state index contributed by atoms with van der Waals surface area (Å²) in [5.74, 6) is 2.42. The Hall–Kier alpha value is -3.19. The number of benzene rings is 2. The van der Waals surface area contributed by atoms with E-state index in [1.54, 1.807) is 21.3 Å². The van der Waals surface area contributed by atoms with Crippen LogP contribution >= 0.6 is 0 Å². The number of ether oxygens (including phenoxy) is 3. The standard InChI is InChI=1S/C28H37N3O4/c1-6-31(7-2)14-13-29-28(32)18-11-12-23-22(15-18)20-9-8-10-21(20)26(30-23)19-16-24(33-3)27(35-5)25(17-19)34-4/h8-9,11-12,15-17,20-21,26,30H,6-7,10,13-14H2,1-5H3,(H,29,32). The van der Waals surface area contributed by atoms with Gasteiger partial charge >= 0.3 is 0 Å². The van der Waals surface area contributed by atoms with Crippen molar-refractivity contribution in [3.63, 3.8) is 0 Å². The highest BCUT2D eigenvalue weighted by Crippen LogP contribution is 2.51. The molecule has 0 fully saturated rings. The molecule has 7 nitrogen and oxygen atoms in total. The molecule has 35 heavy (non-hydrogen) atoms. The molecule has 188 valence electrons. The number of carbonyl (C=O) groups is 1. The monoisotopic (exact) mass is 479 g/mol. The fourth-order valence-electron chi connectivity index (χ4n) is 5.32. The van der Waals surface area contributed by atoms with Gasteiger partial charge in [0.1, 0.15) is 0 Å². The zero-order valence-electron chi connectivity index (χ0n) is 21.4. The first kappa shape index (κ1) is 24.9. The van der Waals surface area contributed by atoms with Gasteiger partial charge in [0.2, 0.25) is 5.75 Å². The van der Waals surface area contributed by atoms with Gasteiger partial charge in [-0.3, -0.25) is 4.79 Å². The van der Waals surface area contributed by atoms with Gasteiger partial charge in [0.15, 0.2) is 11.5 Å². The molecule has 1 aliphatic heterocycles. The summed E-state index contributed by atoms with van der Waals surface area (Å²) in [6.07, 6.45) is 5.48. The van der Waals surface area contributed by atoms with Crippen LogP contribution in [0.2, 0.25) is 0 Å². The van der Waals surface area contributed by atoms with E-state index in [1.807, 2.05) is 30.3 Å². The maximum Gasteiger partial charge on any atom is 0.251 e. The molecular weight excluding hydrogens is 442 g/mol. The van der Waals surface area contributed by atoms with E-state index in [-0.39, 0.29) is 17.9 Å². The lowest BCUT2D eigenvalue weighted by Gasteiger charge is -2.38. The zero-order chi connectivity index (χ0) is 24.9. The molecule has 1 aliphatic carbocycles. The molecule has 0 aromatic heterocycles. The Labute approximate surface area is 208 Å². The Morgan fingerprint density at radius 2 is 1.77 bits per heavy atom. The van der Waals surface area contributed by atoms with E-state index < -0.39 is 0 Å². The molecule has 3 atom stereocenters. The van der Waals surface area contributed by atoms with E-state index in [0.717, 1.165) is 37.3 Å². The zero-order valence-corrected chi connectivity index (χ0v) is 21.4. The van der Waals surface area contributed by atoms with Crippen molar-refractivity contribution in [1.82, 2.24) is 10.2 Å². The minimum atomic E-state index is -0.0229. The number of hydrogen-bond donors (Lipinski definition) is 2. The van der Waals surface area contributed by atoms with E-state index in [9.17, 15) is 4.79 Å². The van der Waals surface area contributed by atoms with E-state index in [4.69, 9.17) is 14.2 Å². The Morgan fingerprint density at radius 3 is 2.40 bits per heavy atom. The minimum Gasteiger partial charge on any atom is -0.493 e. The molecule has 2 N–H and O–H groups in total. The van der Waals surface area contributed by atoms with Gasteiger partial charge in [-0.05, 0) is 66.9 Å². The van der Waals surface area contributed by atoms with Gasteiger partial charge in [0.25, 0.3) is 5.91 Å². The van der Waals surface area contributed by atoms with Crippen molar-refractivity contribution in [2.45, 2.75) is 32.2 Å². The third-order valence-electron chi connectivity index (χ3n) is 7.28. The number of likely N-dealkylation sites (N-methyl/N-ethyl adjacent to an activating group) is 1. The highest BCUT2D eigenvalue weighted by Gasteiger charge is 2.39. The van der Waals surface area contributed by atoms with Crippen LogP contribution in [0.4, 0.5) is 5.69 Å². The van der Waals surface area contributed by atoms with Crippen LogP contribution in [0.5, 0.6) is 17.2 Å². The first-order valence-electron chi connectivity index (χ1n) is 12.4. The number of nitrogens with zero attached hydrogens (tertiary/aromatic N) is 1. The second-order valence-corrected chi connectivity index (χ2v) is 9.02. The fraction of sp³-hybridized carbons (Fsp3) is 0.464. The Bertz CT molecular complexity index is 1050. The summed E-state index contributed by atoms with van der Waals surface area (Å²) in [6.45, 7) is 7.75. The lowest BCUT2D eigenvalue weighted by atomic mass is 9.76. The molecule has 2 aromatic rings. The van der Waals surface area contributed by atoms with Crippen molar-refractivity contribution in [2.24, 2.45) is 5.92 Å². The van der Waals surface area contributed by atoms with Crippen LogP contribution in [0.15, 0.2) is 42.5 Å². The molecule has 1 amide bonds. The fourth-order valence-corrected chi connectivity index (χ4v) is 5.32. The van der Waals surface area contributed by atoms with Gasteiger partial charge in [-0.1, -0.05) is 26.0 Å². The number of fused-ring (bicyclic) bond motifs is 3. The molecule has 0 bridgehead atoms. The van der Waals surface area contributed by atoms with Crippen LogP contribution in [0, 0.1) is 5.92 Å². The molecule has 2 aromatic carbocycles. The van der Waals surface area contributed by atoms with Crippen molar-refractivity contribution < 1.29 is 19.0 Å². The van der Waals surface area contributed by atoms with Crippen molar-refractivity contribution >= 4 is 11.6 Å². The van der Waals surface area contributed by atoms with Gasteiger partial charge in [-0.2, -0.15) is 0 Å². The van der Waals surface area contributed by atoms with Gasteiger partial charge in [-0.15, -0.1) is 0 Å². The lowest BCUT2D eigenvalue weighted by Crippen LogP contribution is -2.35. The predicted octanol–water partition coefficient (Wildman–Crippen LogP) is 4.61. The molecule has 0 saturated heterocycles. The summed E-state index contributed by atoms with van der Waals surface area (Å²) in [7, 11) is 4.89. The number of amides is 1. The Morgan fingerprint density at radius 1 is 1.06 bits per heavy atom. The van der Waals surface area contributed by atoms with Crippen LogP contribution in [-0.2, 0) is 0 Å². The van der Waals surface area contributed by atoms with Crippen LogP contribution in [0.3, 0.4) is 0 Å². The topological polar surface area (TPSA) is 72.1 Å². The van der Waals surface area contributed by atoms with Crippen molar-refractivity contribution in [2.75, 3.05) is 52.8 Å². The predicted molar refractivity (Wildman–Crippen MR) is 139 cm³/mol. The second-order valence-electron chi connectivity index (χ2n) is 9.02. The molecule has 0 radical (unpaired) electrons. The summed E-state index contributed by atoms with van der Waals surface area (Å²) < 4.78 is 16.7. The number of anilines is 1. The summed E-state index contributed by atoms with van der Waals surface area (Å²) in [5.41, 5.74) is 4.01. The maximum atomic E-state index is 12.9. The number of carbonyl (C=O) groups excluding carboxylic acids is 1. The van der Waals surface area contributed by atoms with Gasteiger partial charge in [0.05, 0.1) is 27.4 Å². The average Bonchev–Trinajstić information content (AvgIpc) is 3.39. The number of rotatable bonds is 10. The highest BCUT2D eigenvalue weighted by atomic mass is 16.5. The maximum absolute atomic E-state index is 12.9. The van der Waals surface area contributed by atoms with E-state index >= 15 is 0 Å².